The van der Waals surface area contributed by atoms with Crippen molar-refractivity contribution in [1.82, 2.24) is 4.57 Å². The highest BCUT2D eigenvalue weighted by Crippen LogP contribution is 2.26. The summed E-state index contributed by atoms with van der Waals surface area (Å²) in [6.45, 7) is 0.716. The van der Waals surface area contributed by atoms with Crippen molar-refractivity contribution in [3.05, 3.63) is 63.9 Å². The lowest BCUT2D eigenvalue weighted by atomic mass is 10.1. The summed E-state index contributed by atoms with van der Waals surface area (Å²) in [7, 11) is 0. The summed E-state index contributed by atoms with van der Waals surface area (Å²) in [6.07, 6.45) is 5.88. The lowest BCUT2D eigenvalue weighted by Gasteiger charge is -2.10. The van der Waals surface area contributed by atoms with Crippen LogP contribution in [-0.4, -0.2) is 10.4 Å². The monoisotopic (exact) mass is 321 g/mol. The van der Waals surface area contributed by atoms with Crippen molar-refractivity contribution in [1.29, 1.82) is 0 Å². The van der Waals surface area contributed by atoms with Gasteiger partial charge in [-0.15, -0.1) is 0 Å². The molecule has 114 valence electrons. The summed E-state index contributed by atoms with van der Waals surface area (Å²) in [4.78, 5) is 12.5. The fourth-order valence-corrected chi connectivity index (χ4v) is 3.01. The number of fused-ring (bicyclic) bond motifs is 1. The Morgan fingerprint density at radius 1 is 1.23 bits per heavy atom. The van der Waals surface area contributed by atoms with E-state index >= 15 is 0 Å². The maximum absolute atomic E-state index is 13.3. The van der Waals surface area contributed by atoms with Crippen molar-refractivity contribution in [2.24, 2.45) is 0 Å². The standard InChI is InChI=1S/C17H14ClF2NO/c18-13-10-12-4-2-1-3-7-21(12)17(13)16(22)9-11-5-6-14(19)15(20)8-11/h2,4-6,8,10H,1,3,7,9H2. The van der Waals surface area contributed by atoms with E-state index in [0.717, 1.165) is 30.7 Å². The Kier molecular flexibility index (Phi) is 4.12. The number of aromatic nitrogens is 1. The van der Waals surface area contributed by atoms with Gasteiger partial charge in [-0.05, 0) is 42.7 Å². The second kappa shape index (κ2) is 6.05. The van der Waals surface area contributed by atoms with Gasteiger partial charge in [0.2, 0.25) is 0 Å². The van der Waals surface area contributed by atoms with E-state index in [1.807, 2.05) is 10.6 Å². The van der Waals surface area contributed by atoms with E-state index in [1.54, 1.807) is 6.07 Å². The Bertz CT molecular complexity index is 764. The van der Waals surface area contributed by atoms with Gasteiger partial charge in [0.05, 0.1) is 5.02 Å². The minimum Gasteiger partial charge on any atom is -0.337 e. The Labute approximate surface area is 132 Å². The van der Waals surface area contributed by atoms with Gasteiger partial charge in [-0.2, -0.15) is 0 Å². The average molecular weight is 322 g/mol. The van der Waals surface area contributed by atoms with Crippen LogP contribution in [0.4, 0.5) is 8.78 Å². The van der Waals surface area contributed by atoms with E-state index in [0.29, 0.717) is 22.8 Å². The summed E-state index contributed by atoms with van der Waals surface area (Å²) in [5, 5.41) is 0.397. The molecule has 0 saturated carbocycles. The zero-order valence-corrected chi connectivity index (χ0v) is 12.5. The third-order valence-electron chi connectivity index (χ3n) is 3.74. The first kappa shape index (κ1) is 15.0. The molecule has 0 saturated heterocycles. The molecule has 1 aliphatic rings. The molecule has 0 fully saturated rings. The van der Waals surface area contributed by atoms with Crippen LogP contribution in [0, 0.1) is 11.6 Å². The molecule has 5 heteroatoms. The molecule has 0 spiro atoms. The van der Waals surface area contributed by atoms with Gasteiger partial charge in [0, 0.05) is 18.7 Å². The number of hydrogen-bond donors (Lipinski definition) is 0. The topological polar surface area (TPSA) is 22.0 Å². The molecule has 0 atom stereocenters. The van der Waals surface area contributed by atoms with Crippen molar-refractivity contribution < 1.29 is 13.6 Å². The van der Waals surface area contributed by atoms with Crippen LogP contribution in [0.15, 0.2) is 30.3 Å². The van der Waals surface area contributed by atoms with Crippen LogP contribution in [0.2, 0.25) is 5.02 Å². The zero-order chi connectivity index (χ0) is 15.7. The van der Waals surface area contributed by atoms with Crippen molar-refractivity contribution in [3.63, 3.8) is 0 Å². The zero-order valence-electron chi connectivity index (χ0n) is 11.8. The molecular weight excluding hydrogens is 308 g/mol. The maximum Gasteiger partial charge on any atom is 0.185 e. The number of halogens is 3. The number of benzene rings is 1. The third-order valence-corrected chi connectivity index (χ3v) is 4.02. The third kappa shape index (κ3) is 2.83. The maximum atomic E-state index is 13.3. The number of allylic oxidation sites excluding steroid dienone is 1. The van der Waals surface area contributed by atoms with E-state index < -0.39 is 11.6 Å². The molecule has 0 N–H and O–H groups in total. The van der Waals surface area contributed by atoms with Gasteiger partial charge in [-0.25, -0.2) is 8.78 Å². The predicted octanol–water partition coefficient (Wildman–Crippen LogP) is 4.65. The van der Waals surface area contributed by atoms with Crippen molar-refractivity contribution in [3.8, 4) is 0 Å². The van der Waals surface area contributed by atoms with Crippen LogP contribution in [0.25, 0.3) is 6.08 Å². The molecule has 3 rings (SSSR count). The van der Waals surface area contributed by atoms with Crippen LogP contribution in [0.5, 0.6) is 0 Å². The second-order valence-corrected chi connectivity index (χ2v) is 5.72. The van der Waals surface area contributed by atoms with Crippen molar-refractivity contribution >= 4 is 23.5 Å². The number of ketones is 1. The lowest BCUT2D eigenvalue weighted by Crippen LogP contribution is -2.13. The van der Waals surface area contributed by atoms with E-state index in [9.17, 15) is 13.6 Å². The van der Waals surface area contributed by atoms with Gasteiger partial charge < -0.3 is 4.57 Å². The molecule has 0 bridgehead atoms. The number of carbonyl (C=O) groups excluding carboxylic acids is 1. The van der Waals surface area contributed by atoms with E-state index in [1.165, 1.54) is 6.07 Å². The number of Topliss-reactive ketones (excluding diaryl/α,β-unsaturated/α-hetero) is 1. The Morgan fingerprint density at radius 2 is 2.05 bits per heavy atom. The molecular formula is C17H14ClF2NO. The van der Waals surface area contributed by atoms with Gasteiger partial charge in [-0.3, -0.25) is 4.79 Å². The minimum atomic E-state index is -0.951. The van der Waals surface area contributed by atoms with Crippen LogP contribution in [0.3, 0.4) is 0 Å². The molecule has 0 aliphatic carbocycles. The van der Waals surface area contributed by atoms with Gasteiger partial charge in [0.15, 0.2) is 17.4 Å². The highest BCUT2D eigenvalue weighted by Gasteiger charge is 2.20. The first-order chi connectivity index (χ1) is 10.6. The van der Waals surface area contributed by atoms with Crippen LogP contribution < -0.4 is 0 Å². The summed E-state index contributed by atoms with van der Waals surface area (Å²) >= 11 is 6.20. The Hall–Kier alpha value is -1.94. The molecule has 22 heavy (non-hydrogen) atoms. The van der Waals surface area contributed by atoms with Crippen LogP contribution in [-0.2, 0) is 13.0 Å². The number of nitrogens with zero attached hydrogens (tertiary/aromatic N) is 1. The number of rotatable bonds is 3. The van der Waals surface area contributed by atoms with Gasteiger partial charge >= 0.3 is 0 Å². The van der Waals surface area contributed by atoms with E-state index in [4.69, 9.17) is 11.6 Å². The Balaban J connectivity index is 1.91. The van der Waals surface area contributed by atoms with Gasteiger partial charge in [0.25, 0.3) is 0 Å². The van der Waals surface area contributed by atoms with E-state index in [-0.39, 0.29) is 12.2 Å². The molecule has 1 aromatic carbocycles. The van der Waals surface area contributed by atoms with Gasteiger partial charge in [0.1, 0.15) is 5.69 Å². The van der Waals surface area contributed by atoms with E-state index in [2.05, 4.69) is 6.08 Å². The number of carbonyl (C=O) groups is 1. The molecule has 0 amide bonds. The predicted molar refractivity (Wildman–Crippen MR) is 82.1 cm³/mol. The van der Waals surface area contributed by atoms with Crippen LogP contribution >= 0.6 is 11.6 Å². The molecule has 0 unspecified atom stereocenters. The highest BCUT2D eigenvalue weighted by molar-refractivity contribution is 6.34. The molecule has 1 aliphatic heterocycles. The first-order valence-corrected chi connectivity index (χ1v) is 7.47. The smallest absolute Gasteiger partial charge is 0.185 e. The SMILES string of the molecule is O=C(Cc1ccc(F)c(F)c1)c1c(Cl)cc2n1CCCC=C2. The normalized spacial score (nSPS) is 13.8. The van der Waals surface area contributed by atoms with Gasteiger partial charge in [-0.1, -0.05) is 23.7 Å². The average Bonchev–Trinajstić information content (AvgIpc) is 2.64. The molecule has 1 aromatic heterocycles. The lowest BCUT2D eigenvalue weighted by molar-refractivity contribution is 0.0984. The summed E-state index contributed by atoms with van der Waals surface area (Å²) in [5.74, 6) is -2.07. The van der Waals surface area contributed by atoms with Crippen molar-refractivity contribution in [2.45, 2.75) is 25.8 Å². The quantitative estimate of drug-likeness (QED) is 0.754. The summed E-state index contributed by atoms with van der Waals surface area (Å²) in [5.41, 5.74) is 1.77. The minimum absolute atomic E-state index is 0.00983. The Morgan fingerprint density at radius 3 is 2.82 bits per heavy atom. The largest absolute Gasteiger partial charge is 0.337 e. The summed E-state index contributed by atoms with van der Waals surface area (Å²) in [6, 6.07) is 5.26. The second-order valence-electron chi connectivity index (χ2n) is 5.31. The fourth-order valence-electron chi connectivity index (χ4n) is 2.69. The molecule has 2 nitrogen and oxygen atoms in total. The van der Waals surface area contributed by atoms with Crippen molar-refractivity contribution in [2.75, 3.05) is 0 Å². The molecule has 2 heterocycles. The van der Waals surface area contributed by atoms with Crippen LogP contribution in [0.1, 0.15) is 34.6 Å². The molecule has 0 radical (unpaired) electrons. The fraction of sp³-hybridized carbons (Fsp3) is 0.235. The first-order valence-electron chi connectivity index (χ1n) is 7.09. The molecule has 2 aromatic rings. The summed E-state index contributed by atoms with van der Waals surface area (Å²) < 4.78 is 28.1. The number of hydrogen-bond acceptors (Lipinski definition) is 1. The highest BCUT2D eigenvalue weighted by atomic mass is 35.5.